The highest BCUT2D eigenvalue weighted by Crippen LogP contribution is 2.19. The highest BCUT2D eigenvalue weighted by atomic mass is 32.1. The Balaban J connectivity index is 2.24. The van der Waals surface area contributed by atoms with E-state index in [1.54, 1.807) is 5.38 Å². The molecule has 0 saturated carbocycles. The fraction of sp³-hybridized carbons (Fsp3) is 0.625. The summed E-state index contributed by atoms with van der Waals surface area (Å²) in [5, 5.41) is 10.4. The number of unbranched alkanes of at least 4 members (excludes halogenated alkanes) is 2. The predicted molar refractivity (Wildman–Crippen MR) is 55.4 cm³/mol. The van der Waals surface area contributed by atoms with Crippen molar-refractivity contribution < 1.29 is 0 Å². The third-order valence-electron chi connectivity index (χ3n) is 1.53. The molecule has 0 aliphatic carbocycles. The minimum atomic E-state index is 0.521. The largest absolute Gasteiger partial charge is 0.383 e. The van der Waals surface area contributed by atoms with Crippen molar-refractivity contribution in [2.75, 3.05) is 12.3 Å². The van der Waals surface area contributed by atoms with Crippen molar-refractivity contribution in [2.24, 2.45) is 10.2 Å². The zero-order chi connectivity index (χ0) is 9.52. The second-order valence-electron chi connectivity index (χ2n) is 2.73. The van der Waals surface area contributed by atoms with Crippen LogP contribution < -0.4 is 5.73 Å². The fourth-order valence-electron chi connectivity index (χ4n) is 0.865. The first-order valence-corrected chi connectivity index (χ1v) is 5.29. The van der Waals surface area contributed by atoms with Crippen LogP contribution in [0.5, 0.6) is 0 Å². The molecule has 0 unspecified atom stereocenters. The lowest BCUT2D eigenvalue weighted by Gasteiger charge is -1.89. The van der Waals surface area contributed by atoms with Gasteiger partial charge in [0.2, 0.25) is 5.13 Å². The minimum absolute atomic E-state index is 0.521. The van der Waals surface area contributed by atoms with Gasteiger partial charge in [-0.05, 0) is 6.42 Å². The number of hydrogen-bond acceptors (Lipinski definition) is 5. The summed E-state index contributed by atoms with van der Waals surface area (Å²) in [5.41, 5.74) is 5.43. The molecule has 1 aromatic rings. The van der Waals surface area contributed by atoms with Crippen LogP contribution in [0, 0.1) is 0 Å². The maximum Gasteiger partial charge on any atom is 0.231 e. The van der Waals surface area contributed by atoms with Crippen molar-refractivity contribution in [1.29, 1.82) is 0 Å². The van der Waals surface area contributed by atoms with Gasteiger partial charge in [-0.3, -0.25) is 0 Å². The fourth-order valence-corrected chi connectivity index (χ4v) is 1.41. The van der Waals surface area contributed by atoms with Gasteiger partial charge in [0.1, 0.15) is 5.82 Å². The molecule has 0 radical (unpaired) electrons. The van der Waals surface area contributed by atoms with E-state index in [1.165, 1.54) is 24.2 Å². The molecule has 0 spiro atoms. The van der Waals surface area contributed by atoms with Crippen LogP contribution in [-0.2, 0) is 0 Å². The summed E-state index contributed by atoms with van der Waals surface area (Å²) < 4.78 is 0. The number of nitrogens with zero attached hydrogens (tertiary/aromatic N) is 3. The number of azo groups is 1. The van der Waals surface area contributed by atoms with E-state index in [1.807, 2.05) is 0 Å². The Kier molecular flexibility index (Phi) is 4.39. The van der Waals surface area contributed by atoms with Crippen molar-refractivity contribution in [3.8, 4) is 0 Å². The lowest BCUT2D eigenvalue weighted by atomic mass is 10.3. The van der Waals surface area contributed by atoms with Crippen molar-refractivity contribution >= 4 is 22.3 Å². The van der Waals surface area contributed by atoms with Crippen LogP contribution >= 0.6 is 11.3 Å². The summed E-state index contributed by atoms with van der Waals surface area (Å²) in [6.45, 7) is 2.95. The average molecular weight is 198 g/mol. The molecule has 1 rings (SSSR count). The van der Waals surface area contributed by atoms with E-state index in [-0.39, 0.29) is 0 Å². The van der Waals surface area contributed by atoms with E-state index in [4.69, 9.17) is 5.73 Å². The molecule has 0 fully saturated rings. The number of rotatable bonds is 5. The molecule has 5 heteroatoms. The summed E-state index contributed by atoms with van der Waals surface area (Å²) in [7, 11) is 0. The molecular formula is C8H14N4S. The Morgan fingerprint density at radius 2 is 2.38 bits per heavy atom. The van der Waals surface area contributed by atoms with Gasteiger partial charge in [-0.25, -0.2) is 4.98 Å². The quantitative estimate of drug-likeness (QED) is 0.584. The van der Waals surface area contributed by atoms with Gasteiger partial charge >= 0.3 is 0 Å². The highest BCUT2D eigenvalue weighted by molar-refractivity contribution is 7.13. The molecule has 0 aliphatic heterocycles. The minimum Gasteiger partial charge on any atom is -0.383 e. The number of aromatic nitrogens is 1. The van der Waals surface area contributed by atoms with Crippen molar-refractivity contribution in [3.63, 3.8) is 0 Å². The van der Waals surface area contributed by atoms with Crippen LogP contribution in [0.3, 0.4) is 0 Å². The summed E-state index contributed by atoms with van der Waals surface area (Å²) in [6.07, 6.45) is 3.51. The monoisotopic (exact) mass is 198 g/mol. The van der Waals surface area contributed by atoms with E-state index in [2.05, 4.69) is 22.1 Å². The first kappa shape index (κ1) is 10.1. The summed E-state index contributed by atoms with van der Waals surface area (Å²) >= 11 is 1.42. The Labute approximate surface area is 81.9 Å². The first-order valence-electron chi connectivity index (χ1n) is 4.41. The molecule has 0 bridgehead atoms. The Morgan fingerprint density at radius 3 is 3.00 bits per heavy atom. The number of thiazole rings is 1. The van der Waals surface area contributed by atoms with Gasteiger partial charge in [0.15, 0.2) is 0 Å². The molecule has 72 valence electrons. The SMILES string of the molecule is CCCCC/N=N/c1nc(N)cs1. The maximum absolute atomic E-state index is 5.43. The molecule has 1 aromatic heterocycles. The maximum atomic E-state index is 5.43. The summed E-state index contributed by atoms with van der Waals surface area (Å²) in [6, 6.07) is 0. The molecule has 0 atom stereocenters. The number of anilines is 1. The van der Waals surface area contributed by atoms with Gasteiger partial charge in [0.25, 0.3) is 0 Å². The van der Waals surface area contributed by atoms with Gasteiger partial charge in [-0.1, -0.05) is 31.1 Å². The molecule has 0 saturated heterocycles. The van der Waals surface area contributed by atoms with Crippen molar-refractivity contribution in [1.82, 2.24) is 4.98 Å². The predicted octanol–water partition coefficient (Wildman–Crippen LogP) is 3.00. The van der Waals surface area contributed by atoms with Crippen molar-refractivity contribution in [2.45, 2.75) is 26.2 Å². The van der Waals surface area contributed by atoms with E-state index in [0.717, 1.165) is 13.0 Å². The Morgan fingerprint density at radius 1 is 1.54 bits per heavy atom. The molecular weight excluding hydrogens is 184 g/mol. The molecule has 2 N–H and O–H groups in total. The molecule has 0 aliphatic rings. The van der Waals surface area contributed by atoms with Gasteiger partial charge in [0, 0.05) is 5.38 Å². The number of nitrogens with two attached hydrogens (primary N) is 1. The second kappa shape index (κ2) is 5.64. The van der Waals surface area contributed by atoms with E-state index < -0.39 is 0 Å². The molecule has 0 amide bonds. The standard InChI is InChI=1S/C8H14N4S/c1-2-3-4-5-10-12-8-11-7(9)6-13-8/h6H,2-5,9H2,1H3/b12-10+. The van der Waals surface area contributed by atoms with Gasteiger partial charge in [-0.15, -0.1) is 5.11 Å². The van der Waals surface area contributed by atoms with Crippen LogP contribution in [0.15, 0.2) is 15.6 Å². The third-order valence-corrected chi connectivity index (χ3v) is 2.27. The first-order chi connectivity index (χ1) is 6.33. The Hall–Kier alpha value is -0.970. The summed E-state index contributed by atoms with van der Waals surface area (Å²) in [5.74, 6) is 0.521. The zero-order valence-corrected chi connectivity index (χ0v) is 8.55. The van der Waals surface area contributed by atoms with Crippen LogP contribution in [0.1, 0.15) is 26.2 Å². The zero-order valence-electron chi connectivity index (χ0n) is 7.73. The molecule has 0 aromatic carbocycles. The summed E-state index contributed by atoms with van der Waals surface area (Å²) in [4.78, 5) is 3.96. The van der Waals surface area contributed by atoms with Gasteiger partial charge in [0.05, 0.1) is 6.54 Å². The van der Waals surface area contributed by atoms with Gasteiger partial charge < -0.3 is 5.73 Å². The molecule has 4 nitrogen and oxygen atoms in total. The molecule has 1 heterocycles. The lowest BCUT2D eigenvalue weighted by Crippen LogP contribution is -1.81. The highest BCUT2D eigenvalue weighted by Gasteiger charge is 1.94. The third kappa shape index (κ3) is 3.98. The topological polar surface area (TPSA) is 63.6 Å². The number of nitrogen functional groups attached to an aromatic ring is 1. The van der Waals surface area contributed by atoms with Gasteiger partial charge in [-0.2, -0.15) is 5.11 Å². The van der Waals surface area contributed by atoms with Crippen LogP contribution in [0.4, 0.5) is 10.9 Å². The van der Waals surface area contributed by atoms with Crippen LogP contribution in [0.25, 0.3) is 0 Å². The Bertz CT molecular complexity index is 269. The van der Waals surface area contributed by atoms with E-state index in [0.29, 0.717) is 10.9 Å². The average Bonchev–Trinajstić information content (AvgIpc) is 2.51. The van der Waals surface area contributed by atoms with E-state index in [9.17, 15) is 0 Å². The lowest BCUT2D eigenvalue weighted by molar-refractivity contribution is 0.713. The smallest absolute Gasteiger partial charge is 0.231 e. The van der Waals surface area contributed by atoms with Crippen LogP contribution in [-0.4, -0.2) is 11.5 Å². The second-order valence-corrected chi connectivity index (χ2v) is 3.56. The number of hydrogen-bond donors (Lipinski definition) is 1. The molecule has 13 heavy (non-hydrogen) atoms. The van der Waals surface area contributed by atoms with Crippen molar-refractivity contribution in [3.05, 3.63) is 5.38 Å². The van der Waals surface area contributed by atoms with Crippen LogP contribution in [0.2, 0.25) is 0 Å². The van der Waals surface area contributed by atoms with E-state index >= 15 is 0 Å². The normalized spacial score (nSPS) is 11.2.